The molecule has 1 aromatic heterocycles. The highest BCUT2D eigenvalue weighted by atomic mass is 16.5. The molecule has 1 aromatic rings. The molecule has 2 fully saturated rings. The lowest BCUT2D eigenvalue weighted by Gasteiger charge is -2.33. The molecule has 6 heteroatoms. The number of aromatic nitrogens is 2. The SMILES string of the molecule is COCC1(C(=O)N2CCCC(c3nc(C)no3)C2)CC1. The number of ether oxygens (including phenoxy) is 1. The number of hydrogen-bond donors (Lipinski definition) is 0. The van der Waals surface area contributed by atoms with E-state index in [0.717, 1.165) is 32.2 Å². The van der Waals surface area contributed by atoms with Gasteiger partial charge < -0.3 is 14.2 Å². The number of hydrogen-bond acceptors (Lipinski definition) is 5. The van der Waals surface area contributed by atoms with Gasteiger partial charge in [0.2, 0.25) is 11.8 Å². The molecule has 0 N–H and O–H groups in total. The van der Waals surface area contributed by atoms with Crippen molar-refractivity contribution in [2.45, 2.75) is 38.5 Å². The van der Waals surface area contributed by atoms with Gasteiger partial charge in [0.1, 0.15) is 0 Å². The maximum absolute atomic E-state index is 12.6. The van der Waals surface area contributed by atoms with E-state index < -0.39 is 0 Å². The van der Waals surface area contributed by atoms with Crippen molar-refractivity contribution in [3.8, 4) is 0 Å². The van der Waals surface area contributed by atoms with Gasteiger partial charge in [0, 0.05) is 20.2 Å². The second-order valence-electron chi connectivity index (χ2n) is 5.98. The van der Waals surface area contributed by atoms with E-state index in [4.69, 9.17) is 9.26 Å². The first kappa shape index (κ1) is 13.5. The predicted octanol–water partition coefficient (Wildman–Crippen LogP) is 1.51. The molecular formula is C14H21N3O3. The Bertz CT molecular complexity index is 496. The van der Waals surface area contributed by atoms with E-state index in [1.54, 1.807) is 7.11 Å². The van der Waals surface area contributed by atoms with E-state index in [1.807, 2.05) is 11.8 Å². The molecule has 0 aromatic carbocycles. The van der Waals surface area contributed by atoms with Crippen LogP contribution in [0.4, 0.5) is 0 Å². The van der Waals surface area contributed by atoms with Crippen molar-refractivity contribution in [2.24, 2.45) is 5.41 Å². The minimum absolute atomic E-state index is 0.173. The van der Waals surface area contributed by atoms with Crippen LogP contribution in [0.15, 0.2) is 4.52 Å². The molecular weight excluding hydrogens is 258 g/mol. The van der Waals surface area contributed by atoms with Gasteiger partial charge >= 0.3 is 0 Å². The summed E-state index contributed by atoms with van der Waals surface area (Å²) in [6, 6.07) is 0. The number of aryl methyl sites for hydroxylation is 1. The first-order valence-corrected chi connectivity index (χ1v) is 7.23. The lowest BCUT2D eigenvalue weighted by Crippen LogP contribution is -2.44. The van der Waals surface area contributed by atoms with Crippen molar-refractivity contribution in [3.63, 3.8) is 0 Å². The van der Waals surface area contributed by atoms with Crippen LogP contribution in [-0.2, 0) is 9.53 Å². The average Bonchev–Trinajstić information content (AvgIpc) is 3.12. The number of likely N-dealkylation sites (tertiary alicyclic amines) is 1. The van der Waals surface area contributed by atoms with E-state index >= 15 is 0 Å². The van der Waals surface area contributed by atoms with Crippen LogP contribution in [0.3, 0.4) is 0 Å². The number of amides is 1. The Morgan fingerprint density at radius 2 is 2.35 bits per heavy atom. The Balaban J connectivity index is 1.68. The number of methoxy groups -OCH3 is 1. The molecule has 0 radical (unpaired) electrons. The molecule has 2 heterocycles. The molecule has 1 saturated carbocycles. The fourth-order valence-corrected chi connectivity index (χ4v) is 3.02. The summed E-state index contributed by atoms with van der Waals surface area (Å²) in [4.78, 5) is 18.9. The molecule has 1 saturated heterocycles. The predicted molar refractivity (Wildman–Crippen MR) is 71.1 cm³/mol. The maximum Gasteiger partial charge on any atom is 0.231 e. The second kappa shape index (κ2) is 5.16. The summed E-state index contributed by atoms with van der Waals surface area (Å²) in [5.74, 6) is 1.73. The lowest BCUT2D eigenvalue weighted by atomic mass is 9.96. The molecule has 1 aliphatic heterocycles. The van der Waals surface area contributed by atoms with Crippen molar-refractivity contribution >= 4 is 5.91 Å². The van der Waals surface area contributed by atoms with Gasteiger partial charge in [-0.2, -0.15) is 4.98 Å². The van der Waals surface area contributed by atoms with Gasteiger partial charge in [0.05, 0.1) is 17.9 Å². The first-order valence-electron chi connectivity index (χ1n) is 7.23. The van der Waals surface area contributed by atoms with E-state index in [9.17, 15) is 4.79 Å². The van der Waals surface area contributed by atoms with Crippen molar-refractivity contribution < 1.29 is 14.1 Å². The molecule has 1 aliphatic carbocycles. The van der Waals surface area contributed by atoms with Gasteiger partial charge in [-0.3, -0.25) is 4.79 Å². The quantitative estimate of drug-likeness (QED) is 0.835. The number of nitrogens with zero attached hydrogens (tertiary/aromatic N) is 3. The zero-order valence-electron chi connectivity index (χ0n) is 12.1. The first-order chi connectivity index (χ1) is 9.64. The lowest BCUT2D eigenvalue weighted by molar-refractivity contribution is -0.140. The normalized spacial score (nSPS) is 24.7. The van der Waals surface area contributed by atoms with Crippen molar-refractivity contribution in [3.05, 3.63) is 11.7 Å². The third kappa shape index (κ3) is 2.44. The number of carbonyl (C=O) groups is 1. The summed E-state index contributed by atoms with van der Waals surface area (Å²) < 4.78 is 10.5. The van der Waals surface area contributed by atoms with Crippen LogP contribution in [0.25, 0.3) is 0 Å². The van der Waals surface area contributed by atoms with Gasteiger partial charge in [-0.05, 0) is 32.6 Å². The van der Waals surface area contributed by atoms with Crippen LogP contribution in [-0.4, -0.2) is 47.8 Å². The van der Waals surface area contributed by atoms with Crippen LogP contribution >= 0.6 is 0 Å². The van der Waals surface area contributed by atoms with Crippen LogP contribution in [0.5, 0.6) is 0 Å². The van der Waals surface area contributed by atoms with Crippen molar-refractivity contribution in [1.29, 1.82) is 0 Å². The van der Waals surface area contributed by atoms with E-state index in [0.29, 0.717) is 24.9 Å². The smallest absolute Gasteiger partial charge is 0.231 e. The number of carbonyl (C=O) groups excluding carboxylic acids is 1. The van der Waals surface area contributed by atoms with Gasteiger partial charge in [0.25, 0.3) is 0 Å². The van der Waals surface area contributed by atoms with Crippen molar-refractivity contribution in [2.75, 3.05) is 26.8 Å². The Hall–Kier alpha value is -1.43. The third-order valence-electron chi connectivity index (χ3n) is 4.33. The van der Waals surface area contributed by atoms with Gasteiger partial charge in [0.15, 0.2) is 5.82 Å². The topological polar surface area (TPSA) is 68.5 Å². The summed E-state index contributed by atoms with van der Waals surface area (Å²) in [5, 5.41) is 3.84. The maximum atomic E-state index is 12.6. The molecule has 6 nitrogen and oxygen atoms in total. The minimum Gasteiger partial charge on any atom is -0.384 e. The highest BCUT2D eigenvalue weighted by Crippen LogP contribution is 2.48. The molecule has 3 rings (SSSR count). The van der Waals surface area contributed by atoms with Crippen LogP contribution in [0.1, 0.15) is 43.3 Å². The second-order valence-corrected chi connectivity index (χ2v) is 5.98. The molecule has 0 bridgehead atoms. The Kier molecular flexibility index (Phi) is 3.50. The fourth-order valence-electron chi connectivity index (χ4n) is 3.02. The summed E-state index contributed by atoms with van der Waals surface area (Å²) in [6.07, 6.45) is 3.88. The Morgan fingerprint density at radius 1 is 1.55 bits per heavy atom. The molecule has 110 valence electrons. The fraction of sp³-hybridized carbons (Fsp3) is 0.786. The summed E-state index contributed by atoms with van der Waals surface area (Å²) >= 11 is 0. The molecule has 1 unspecified atom stereocenters. The van der Waals surface area contributed by atoms with Gasteiger partial charge in [-0.25, -0.2) is 0 Å². The third-order valence-corrected chi connectivity index (χ3v) is 4.33. The Labute approximate surface area is 118 Å². The van der Waals surface area contributed by atoms with Crippen LogP contribution < -0.4 is 0 Å². The summed E-state index contributed by atoms with van der Waals surface area (Å²) in [5.41, 5.74) is -0.249. The highest BCUT2D eigenvalue weighted by Gasteiger charge is 2.52. The van der Waals surface area contributed by atoms with E-state index in [1.165, 1.54) is 0 Å². The Morgan fingerprint density at radius 3 is 2.95 bits per heavy atom. The van der Waals surface area contributed by atoms with Crippen LogP contribution in [0.2, 0.25) is 0 Å². The zero-order valence-corrected chi connectivity index (χ0v) is 12.1. The zero-order chi connectivity index (χ0) is 14.2. The molecule has 1 amide bonds. The van der Waals surface area contributed by atoms with Gasteiger partial charge in [-0.1, -0.05) is 5.16 Å². The molecule has 0 spiro atoms. The molecule has 20 heavy (non-hydrogen) atoms. The number of piperidine rings is 1. The van der Waals surface area contributed by atoms with Gasteiger partial charge in [-0.15, -0.1) is 0 Å². The van der Waals surface area contributed by atoms with E-state index in [-0.39, 0.29) is 17.2 Å². The van der Waals surface area contributed by atoms with Crippen LogP contribution in [0, 0.1) is 12.3 Å². The standard InChI is InChI=1S/C14H21N3O3/c1-10-15-12(20-16-10)11-4-3-7-17(8-11)13(18)14(5-6-14)9-19-2/h11H,3-9H2,1-2H3. The summed E-state index contributed by atoms with van der Waals surface area (Å²) in [6.45, 7) is 3.86. The average molecular weight is 279 g/mol. The largest absolute Gasteiger partial charge is 0.384 e. The van der Waals surface area contributed by atoms with Crippen molar-refractivity contribution in [1.82, 2.24) is 15.0 Å². The molecule has 2 aliphatic rings. The van der Waals surface area contributed by atoms with E-state index in [2.05, 4.69) is 10.1 Å². The molecule has 1 atom stereocenters. The number of rotatable bonds is 4. The monoisotopic (exact) mass is 279 g/mol. The minimum atomic E-state index is -0.249. The highest BCUT2D eigenvalue weighted by molar-refractivity contribution is 5.85. The summed E-state index contributed by atoms with van der Waals surface area (Å²) in [7, 11) is 1.66.